The fourth-order valence-corrected chi connectivity index (χ4v) is 6.12. The van der Waals surface area contributed by atoms with Crippen LogP contribution < -0.4 is 5.32 Å². The molecule has 31 heavy (non-hydrogen) atoms. The molecular formula is C20H42NO7PS2. The number of ether oxygens (including phenoxy) is 2. The lowest BCUT2D eigenvalue weighted by Crippen LogP contribution is -2.29. The highest BCUT2D eigenvalue weighted by Crippen LogP contribution is 2.51. The Morgan fingerprint density at radius 1 is 1.00 bits per heavy atom. The highest BCUT2D eigenvalue weighted by atomic mass is 33.1. The zero-order valence-corrected chi connectivity index (χ0v) is 22.7. The number of carbonyl (C=O) groups excluding carboxylic acids is 1. The van der Waals surface area contributed by atoms with Gasteiger partial charge in [-0.15, -0.1) is 0 Å². The maximum atomic E-state index is 12.3. The third-order valence-electron chi connectivity index (χ3n) is 3.72. The second-order valence-corrected chi connectivity index (χ2v) is 13.3. The summed E-state index contributed by atoms with van der Waals surface area (Å²) < 4.78 is 38.3. The highest BCUT2D eigenvalue weighted by Gasteiger charge is 2.31. The maximum Gasteiger partial charge on any atom is 0.475 e. The van der Waals surface area contributed by atoms with Gasteiger partial charge in [0, 0.05) is 37.7 Å². The smallest absolute Gasteiger partial charge is 0.382 e. The molecular weight excluding hydrogens is 461 g/mol. The van der Waals surface area contributed by atoms with E-state index in [1.807, 2.05) is 0 Å². The van der Waals surface area contributed by atoms with Gasteiger partial charge in [0.25, 0.3) is 0 Å². The van der Waals surface area contributed by atoms with Gasteiger partial charge in [0.05, 0.1) is 32.0 Å². The van der Waals surface area contributed by atoms with Gasteiger partial charge in [-0.25, -0.2) is 4.57 Å². The molecule has 0 saturated carbocycles. The van der Waals surface area contributed by atoms with E-state index in [-0.39, 0.29) is 10.7 Å². The summed E-state index contributed by atoms with van der Waals surface area (Å²) >= 11 is 0. The molecule has 0 aromatic heterocycles. The molecule has 0 spiro atoms. The summed E-state index contributed by atoms with van der Waals surface area (Å²) in [7, 11) is 3.03. The van der Waals surface area contributed by atoms with E-state index >= 15 is 0 Å². The Hall–Kier alpha value is 0.200. The number of phosphoric ester groups is 1. The van der Waals surface area contributed by atoms with Gasteiger partial charge in [-0.2, -0.15) is 0 Å². The summed E-state index contributed by atoms with van der Waals surface area (Å²) in [6.45, 7) is 12.1. The first-order valence-electron chi connectivity index (χ1n) is 10.6. The zero-order chi connectivity index (χ0) is 23.8. The predicted octanol–water partition coefficient (Wildman–Crippen LogP) is 5.07. The van der Waals surface area contributed by atoms with E-state index < -0.39 is 13.4 Å². The fraction of sp³-hybridized carbons (Fsp3) is 0.950. The summed E-state index contributed by atoms with van der Waals surface area (Å²) in [5, 5.41) is 2.88. The van der Waals surface area contributed by atoms with Crippen LogP contribution in [0, 0.1) is 0 Å². The molecule has 0 aromatic carbocycles. The van der Waals surface area contributed by atoms with Crippen molar-refractivity contribution in [3.8, 4) is 0 Å². The molecule has 8 nitrogen and oxygen atoms in total. The second kappa shape index (κ2) is 16.8. The lowest BCUT2D eigenvalue weighted by molar-refractivity contribution is -0.121. The molecule has 0 bridgehead atoms. The van der Waals surface area contributed by atoms with Crippen molar-refractivity contribution in [1.82, 2.24) is 5.32 Å². The van der Waals surface area contributed by atoms with Crippen LogP contribution >= 0.6 is 29.4 Å². The number of unbranched alkanes of at least 4 members (excludes halogenated alkanes) is 1. The van der Waals surface area contributed by atoms with Crippen molar-refractivity contribution in [3.63, 3.8) is 0 Å². The number of hydrogen-bond donors (Lipinski definition) is 1. The standard InChI is InChI=1S/C20H42NO7PS2/c1-19(2,3)28-29(23,25-7)27-13-8-9-17-30-31-20(4,5)11-10-18(22)21-12-14-26-16-15-24-6/h8-17H2,1-7H3,(H,21,22). The third kappa shape index (κ3) is 19.4. The Balaban J connectivity index is 3.83. The largest absolute Gasteiger partial charge is 0.475 e. The highest BCUT2D eigenvalue weighted by molar-refractivity contribution is 8.77. The van der Waals surface area contributed by atoms with Gasteiger partial charge in [-0.05, 0) is 53.9 Å². The monoisotopic (exact) mass is 503 g/mol. The van der Waals surface area contributed by atoms with Crippen molar-refractivity contribution in [1.29, 1.82) is 0 Å². The van der Waals surface area contributed by atoms with Crippen molar-refractivity contribution in [3.05, 3.63) is 0 Å². The molecule has 0 rings (SSSR count). The molecule has 1 amide bonds. The Labute approximate surface area is 196 Å². The predicted molar refractivity (Wildman–Crippen MR) is 130 cm³/mol. The van der Waals surface area contributed by atoms with E-state index in [2.05, 4.69) is 19.2 Å². The number of methoxy groups -OCH3 is 1. The average molecular weight is 504 g/mol. The molecule has 0 aromatic rings. The van der Waals surface area contributed by atoms with Gasteiger partial charge in [-0.1, -0.05) is 21.6 Å². The Bertz CT molecular complexity index is 530. The molecule has 0 aliphatic carbocycles. The van der Waals surface area contributed by atoms with E-state index in [1.165, 1.54) is 7.11 Å². The summed E-state index contributed by atoms with van der Waals surface area (Å²) in [5.41, 5.74) is -0.599. The van der Waals surface area contributed by atoms with Gasteiger partial charge < -0.3 is 14.8 Å². The first-order chi connectivity index (χ1) is 14.4. The number of amides is 1. The summed E-state index contributed by atoms with van der Waals surface area (Å²) in [6.07, 6.45) is 2.98. The molecule has 1 unspecified atom stereocenters. The van der Waals surface area contributed by atoms with Crippen LogP contribution in [0.25, 0.3) is 0 Å². The Morgan fingerprint density at radius 3 is 2.32 bits per heavy atom. The molecule has 0 aliphatic heterocycles. The molecule has 0 heterocycles. The van der Waals surface area contributed by atoms with Crippen molar-refractivity contribution < 1.29 is 32.4 Å². The maximum absolute atomic E-state index is 12.3. The molecule has 186 valence electrons. The van der Waals surface area contributed by atoms with Crippen LogP contribution in [-0.2, 0) is 32.4 Å². The second-order valence-electron chi connectivity index (χ2n) is 8.49. The first-order valence-corrected chi connectivity index (χ1v) is 14.4. The van der Waals surface area contributed by atoms with Crippen molar-refractivity contribution in [2.24, 2.45) is 0 Å². The quantitative estimate of drug-likeness (QED) is 0.147. The zero-order valence-electron chi connectivity index (χ0n) is 20.2. The van der Waals surface area contributed by atoms with Gasteiger partial charge in [0.2, 0.25) is 5.91 Å². The molecule has 11 heteroatoms. The Kier molecular flexibility index (Phi) is 16.9. The topological polar surface area (TPSA) is 92.3 Å². The minimum Gasteiger partial charge on any atom is -0.382 e. The van der Waals surface area contributed by atoms with Crippen LogP contribution in [-0.4, -0.2) is 69.2 Å². The first kappa shape index (κ1) is 31.2. The van der Waals surface area contributed by atoms with Gasteiger partial charge in [0.1, 0.15) is 0 Å². The molecule has 1 N–H and O–H groups in total. The van der Waals surface area contributed by atoms with Crippen LogP contribution in [0.3, 0.4) is 0 Å². The lowest BCUT2D eigenvalue weighted by Gasteiger charge is -2.25. The summed E-state index contributed by atoms with van der Waals surface area (Å²) in [6, 6.07) is 0. The summed E-state index contributed by atoms with van der Waals surface area (Å²) in [4.78, 5) is 12.0. The van der Waals surface area contributed by atoms with Crippen LogP contribution in [0.4, 0.5) is 0 Å². The Morgan fingerprint density at radius 2 is 1.71 bits per heavy atom. The molecule has 0 saturated heterocycles. The van der Waals surface area contributed by atoms with Crippen LogP contribution in [0.2, 0.25) is 0 Å². The summed E-state index contributed by atoms with van der Waals surface area (Å²) in [5.74, 6) is 0.992. The van der Waals surface area contributed by atoms with E-state index in [0.29, 0.717) is 39.4 Å². The average Bonchev–Trinajstić information content (AvgIpc) is 2.67. The fourth-order valence-electron chi connectivity index (χ4n) is 2.14. The SMILES string of the molecule is COCCOCCNC(=O)CCC(C)(C)SSCCCCOP(=O)(OC)OC(C)(C)C. The lowest BCUT2D eigenvalue weighted by atomic mass is 10.1. The van der Waals surface area contributed by atoms with E-state index in [1.54, 1.807) is 49.5 Å². The molecule has 0 radical (unpaired) electrons. The minimum atomic E-state index is -3.50. The number of hydrogen-bond acceptors (Lipinski definition) is 9. The van der Waals surface area contributed by atoms with Crippen molar-refractivity contribution >= 4 is 35.3 Å². The molecule has 1 atom stereocenters. The van der Waals surface area contributed by atoms with Crippen LogP contribution in [0.15, 0.2) is 0 Å². The number of rotatable bonds is 19. The number of carbonyl (C=O) groups is 1. The third-order valence-corrected chi connectivity index (χ3v) is 8.87. The molecule has 0 fully saturated rings. The number of nitrogens with one attached hydrogen (secondary N) is 1. The van der Waals surface area contributed by atoms with Crippen molar-refractivity contribution in [2.75, 3.05) is 52.9 Å². The van der Waals surface area contributed by atoms with E-state index in [9.17, 15) is 9.36 Å². The van der Waals surface area contributed by atoms with Gasteiger partial charge >= 0.3 is 7.82 Å². The van der Waals surface area contributed by atoms with Gasteiger partial charge in [0.15, 0.2) is 0 Å². The van der Waals surface area contributed by atoms with Gasteiger partial charge in [-0.3, -0.25) is 18.4 Å². The normalized spacial score (nSPS) is 14.4. The molecule has 0 aliphatic rings. The van der Waals surface area contributed by atoms with E-state index in [0.717, 1.165) is 25.0 Å². The minimum absolute atomic E-state index is 0.000224. The van der Waals surface area contributed by atoms with Crippen LogP contribution in [0.5, 0.6) is 0 Å². The number of phosphoric acid groups is 1. The van der Waals surface area contributed by atoms with Crippen molar-refractivity contribution in [2.45, 2.75) is 70.7 Å². The van der Waals surface area contributed by atoms with E-state index in [4.69, 9.17) is 23.0 Å². The van der Waals surface area contributed by atoms with Crippen LogP contribution in [0.1, 0.15) is 60.3 Å².